The molecule has 0 bridgehead atoms. The Bertz CT molecular complexity index is 733. The van der Waals surface area contributed by atoms with Crippen LogP contribution < -0.4 is 11.5 Å². The Hall–Kier alpha value is -2.84. The Balaban J connectivity index is 2.26. The van der Waals surface area contributed by atoms with Gasteiger partial charge < -0.3 is 11.5 Å². The molecule has 0 heterocycles. The molecule has 2 aromatic rings. The average molecular weight is 288 g/mol. The number of aryl methyl sites for hydroxylation is 4. The predicted octanol–water partition coefficient (Wildman–Crippen LogP) is 3.49. The summed E-state index contributed by atoms with van der Waals surface area (Å²) in [5.41, 5.74) is 19.6. The first-order valence-corrected chi connectivity index (χ1v) is 7.14. The third-order valence-electron chi connectivity index (χ3n) is 3.66. The molecule has 2 heteroatoms. The van der Waals surface area contributed by atoms with E-state index in [-0.39, 0.29) is 0 Å². The molecule has 0 aliphatic rings. The minimum Gasteiger partial charge on any atom is -0.398 e. The molecule has 4 N–H and O–H groups in total. The van der Waals surface area contributed by atoms with Gasteiger partial charge in [0.1, 0.15) is 0 Å². The van der Waals surface area contributed by atoms with Gasteiger partial charge in [-0.15, -0.1) is 0 Å². The number of benzene rings is 2. The molecule has 0 saturated heterocycles. The van der Waals surface area contributed by atoms with Crippen LogP contribution in [-0.4, -0.2) is 0 Å². The molecule has 0 atom stereocenters. The third-order valence-corrected chi connectivity index (χ3v) is 3.66. The van der Waals surface area contributed by atoms with Gasteiger partial charge in [-0.3, -0.25) is 0 Å². The van der Waals surface area contributed by atoms with E-state index < -0.39 is 0 Å². The highest BCUT2D eigenvalue weighted by atomic mass is 14.6. The van der Waals surface area contributed by atoms with Crippen LogP contribution >= 0.6 is 0 Å². The summed E-state index contributed by atoms with van der Waals surface area (Å²) < 4.78 is 0. The number of nitrogens with two attached hydrogens (primary N) is 2. The molecule has 0 spiro atoms. The van der Waals surface area contributed by atoms with Gasteiger partial charge in [0.15, 0.2) is 0 Å². The molecular weight excluding hydrogens is 268 g/mol. The number of nitrogen functional groups attached to an aromatic ring is 2. The van der Waals surface area contributed by atoms with E-state index in [4.69, 9.17) is 11.5 Å². The summed E-state index contributed by atoms with van der Waals surface area (Å²) in [6.45, 7) is 7.94. The van der Waals surface area contributed by atoms with Crippen molar-refractivity contribution in [2.45, 2.75) is 27.7 Å². The van der Waals surface area contributed by atoms with Crippen molar-refractivity contribution in [1.82, 2.24) is 0 Å². The Labute approximate surface area is 132 Å². The summed E-state index contributed by atoms with van der Waals surface area (Å²) in [4.78, 5) is 0. The molecule has 2 rings (SSSR count). The first-order valence-electron chi connectivity index (χ1n) is 7.14. The minimum absolute atomic E-state index is 0.824. The number of hydrogen-bond donors (Lipinski definition) is 2. The zero-order valence-electron chi connectivity index (χ0n) is 13.5. The highest BCUT2D eigenvalue weighted by Crippen LogP contribution is 2.18. The lowest BCUT2D eigenvalue weighted by molar-refractivity contribution is 1.37. The molecule has 0 fully saturated rings. The average Bonchev–Trinajstić information content (AvgIpc) is 2.46. The molecule has 0 aromatic heterocycles. The van der Waals surface area contributed by atoms with Crippen molar-refractivity contribution in [2.75, 3.05) is 11.5 Å². The first kappa shape index (κ1) is 15.5. The molecule has 2 aromatic carbocycles. The fourth-order valence-electron chi connectivity index (χ4n) is 2.30. The predicted molar refractivity (Wildman–Crippen MR) is 94.4 cm³/mol. The van der Waals surface area contributed by atoms with E-state index in [2.05, 4.69) is 23.7 Å². The van der Waals surface area contributed by atoms with Gasteiger partial charge in [0.05, 0.1) is 0 Å². The quantitative estimate of drug-likeness (QED) is 0.576. The fraction of sp³-hybridized carbons (Fsp3) is 0.200. The molecule has 0 saturated carbocycles. The van der Waals surface area contributed by atoms with Crippen LogP contribution in [-0.2, 0) is 0 Å². The van der Waals surface area contributed by atoms with E-state index in [0.717, 1.165) is 44.8 Å². The van der Waals surface area contributed by atoms with Crippen molar-refractivity contribution in [3.63, 3.8) is 0 Å². The monoisotopic (exact) mass is 288 g/mol. The maximum absolute atomic E-state index is 5.94. The van der Waals surface area contributed by atoms with Crippen LogP contribution in [0.15, 0.2) is 24.3 Å². The maximum atomic E-state index is 5.94. The van der Waals surface area contributed by atoms with Crippen molar-refractivity contribution >= 4 is 11.4 Å². The topological polar surface area (TPSA) is 52.0 Å². The van der Waals surface area contributed by atoms with E-state index in [1.165, 1.54) is 0 Å². The van der Waals surface area contributed by atoms with Crippen LogP contribution in [0.3, 0.4) is 0 Å². The SMILES string of the molecule is Cc1cc(C#CC#Cc2cc(C)c(N)c(C)c2)cc(C)c1N. The summed E-state index contributed by atoms with van der Waals surface area (Å²) in [5.74, 6) is 11.9. The highest BCUT2D eigenvalue weighted by Gasteiger charge is 2.00. The van der Waals surface area contributed by atoms with E-state index in [0.29, 0.717) is 0 Å². The smallest absolute Gasteiger partial charge is 0.0374 e. The van der Waals surface area contributed by atoms with Crippen molar-refractivity contribution in [2.24, 2.45) is 0 Å². The van der Waals surface area contributed by atoms with Gasteiger partial charge in [0.2, 0.25) is 0 Å². The Morgan fingerprint density at radius 1 is 0.591 bits per heavy atom. The molecule has 110 valence electrons. The van der Waals surface area contributed by atoms with Crippen molar-refractivity contribution in [3.05, 3.63) is 57.6 Å². The van der Waals surface area contributed by atoms with E-state index in [9.17, 15) is 0 Å². The lowest BCUT2D eigenvalue weighted by Crippen LogP contribution is -1.94. The summed E-state index contributed by atoms with van der Waals surface area (Å²) in [5, 5.41) is 0. The van der Waals surface area contributed by atoms with Crippen LogP contribution in [0.25, 0.3) is 0 Å². The zero-order valence-corrected chi connectivity index (χ0v) is 13.5. The Morgan fingerprint density at radius 3 is 1.14 bits per heavy atom. The second kappa shape index (κ2) is 6.29. The lowest BCUT2D eigenvalue weighted by Gasteiger charge is -2.04. The molecule has 0 aliphatic heterocycles. The summed E-state index contributed by atoms with van der Waals surface area (Å²) in [6, 6.07) is 7.92. The zero-order chi connectivity index (χ0) is 16.3. The summed E-state index contributed by atoms with van der Waals surface area (Å²) in [6.07, 6.45) is 0. The number of anilines is 2. The molecule has 0 aliphatic carbocycles. The van der Waals surface area contributed by atoms with Gasteiger partial charge in [-0.1, -0.05) is 11.8 Å². The van der Waals surface area contributed by atoms with E-state index >= 15 is 0 Å². The van der Waals surface area contributed by atoms with Crippen molar-refractivity contribution in [1.29, 1.82) is 0 Å². The first-order chi connectivity index (χ1) is 10.4. The Morgan fingerprint density at radius 2 is 0.864 bits per heavy atom. The van der Waals surface area contributed by atoms with Gasteiger partial charge >= 0.3 is 0 Å². The lowest BCUT2D eigenvalue weighted by atomic mass is 10.0. The maximum Gasteiger partial charge on any atom is 0.0374 e. The molecular formula is C20H20N2. The molecule has 0 amide bonds. The molecule has 2 nitrogen and oxygen atoms in total. The van der Waals surface area contributed by atoms with Crippen LogP contribution in [0.1, 0.15) is 33.4 Å². The van der Waals surface area contributed by atoms with Crippen LogP contribution in [0.4, 0.5) is 11.4 Å². The van der Waals surface area contributed by atoms with E-state index in [1.807, 2.05) is 52.0 Å². The van der Waals surface area contributed by atoms with Crippen molar-refractivity contribution < 1.29 is 0 Å². The fourth-order valence-corrected chi connectivity index (χ4v) is 2.30. The van der Waals surface area contributed by atoms with Gasteiger partial charge in [-0.05, 0) is 86.1 Å². The minimum atomic E-state index is 0.824. The largest absolute Gasteiger partial charge is 0.398 e. The van der Waals surface area contributed by atoms with E-state index in [1.54, 1.807) is 0 Å². The van der Waals surface area contributed by atoms with Crippen LogP contribution in [0.2, 0.25) is 0 Å². The van der Waals surface area contributed by atoms with Gasteiger partial charge in [-0.25, -0.2) is 0 Å². The third kappa shape index (κ3) is 3.43. The second-order valence-corrected chi connectivity index (χ2v) is 5.55. The normalized spacial score (nSPS) is 9.45. The molecule has 0 radical (unpaired) electrons. The number of rotatable bonds is 0. The molecule has 0 unspecified atom stereocenters. The standard InChI is InChI=1S/C20H20N2/c1-13-9-17(10-14(2)19(13)21)7-5-6-8-18-11-15(3)20(22)16(4)12-18/h9-12H,21-22H2,1-4H3. The van der Waals surface area contributed by atoms with Gasteiger partial charge in [0, 0.05) is 22.5 Å². The summed E-state index contributed by atoms with van der Waals surface area (Å²) >= 11 is 0. The molecule has 22 heavy (non-hydrogen) atoms. The second-order valence-electron chi connectivity index (χ2n) is 5.55. The summed E-state index contributed by atoms with van der Waals surface area (Å²) in [7, 11) is 0. The van der Waals surface area contributed by atoms with Crippen molar-refractivity contribution in [3.8, 4) is 23.7 Å². The van der Waals surface area contributed by atoms with Gasteiger partial charge in [0.25, 0.3) is 0 Å². The highest BCUT2D eigenvalue weighted by molar-refractivity contribution is 5.59. The number of hydrogen-bond acceptors (Lipinski definition) is 2. The van der Waals surface area contributed by atoms with Crippen LogP contribution in [0.5, 0.6) is 0 Å². The van der Waals surface area contributed by atoms with Crippen LogP contribution in [0, 0.1) is 51.4 Å². The Kier molecular flexibility index (Phi) is 4.44. The van der Waals surface area contributed by atoms with Gasteiger partial charge in [-0.2, -0.15) is 0 Å².